The number of hydrogen-bond acceptors (Lipinski definition) is 10. The number of pyridine rings is 1. The number of aromatic nitrogens is 4. The molecule has 214 valence electrons. The average molecular weight is 564 g/mol. The maximum Gasteiger partial charge on any atom is 0.434 e. The minimum atomic E-state index is -4.63. The molecule has 0 aliphatic carbocycles. The number of alkyl halides is 3. The third-order valence-electron chi connectivity index (χ3n) is 5.67. The highest BCUT2D eigenvalue weighted by Gasteiger charge is 2.33. The minimum absolute atomic E-state index is 0.0257. The van der Waals surface area contributed by atoms with Gasteiger partial charge >= 0.3 is 12.3 Å². The highest BCUT2D eigenvalue weighted by molar-refractivity contribution is 6.08. The number of aryl methyl sites for hydroxylation is 1. The molecule has 4 heterocycles. The van der Waals surface area contributed by atoms with Crippen LogP contribution < -0.4 is 15.4 Å². The fourth-order valence-corrected chi connectivity index (χ4v) is 3.78. The highest BCUT2D eigenvalue weighted by atomic mass is 19.4. The first-order valence-electron chi connectivity index (χ1n) is 12.3. The number of nitrogens with zero attached hydrogens (tertiary/aromatic N) is 5. The molecule has 12 nitrogen and oxygen atoms in total. The quantitative estimate of drug-likeness (QED) is 0.410. The van der Waals surface area contributed by atoms with E-state index in [2.05, 4.69) is 30.7 Å². The van der Waals surface area contributed by atoms with E-state index in [0.29, 0.717) is 37.5 Å². The van der Waals surface area contributed by atoms with E-state index < -0.39 is 23.4 Å². The van der Waals surface area contributed by atoms with Crippen LogP contribution in [0.4, 0.5) is 35.4 Å². The lowest BCUT2D eigenvalue weighted by atomic mass is 10.1. The SMILES string of the molecule is Cc1noc(Nc2cnc(C(F)(F)F)cn2)c1C(=O)Nc1ccc(OC[C@H]2CCN(C(=O)OC(C)(C)C)C2)nc1. The number of nitrogens with one attached hydrogen (secondary N) is 2. The summed E-state index contributed by atoms with van der Waals surface area (Å²) < 4.78 is 54.4. The molecule has 1 aliphatic rings. The summed E-state index contributed by atoms with van der Waals surface area (Å²) in [6.45, 7) is 8.47. The maximum atomic E-state index is 12.9. The summed E-state index contributed by atoms with van der Waals surface area (Å²) >= 11 is 0. The van der Waals surface area contributed by atoms with Crippen LogP contribution in [0.15, 0.2) is 35.2 Å². The molecule has 1 saturated heterocycles. The molecule has 0 radical (unpaired) electrons. The van der Waals surface area contributed by atoms with Crippen molar-refractivity contribution in [3.63, 3.8) is 0 Å². The van der Waals surface area contributed by atoms with Crippen LogP contribution in [0.25, 0.3) is 0 Å². The second-order valence-corrected chi connectivity index (χ2v) is 10.1. The van der Waals surface area contributed by atoms with Crippen molar-refractivity contribution < 1.29 is 36.8 Å². The van der Waals surface area contributed by atoms with Gasteiger partial charge in [-0.1, -0.05) is 5.16 Å². The van der Waals surface area contributed by atoms with Crippen molar-refractivity contribution in [2.75, 3.05) is 30.3 Å². The van der Waals surface area contributed by atoms with Crippen LogP contribution in [0.5, 0.6) is 5.88 Å². The predicted molar refractivity (Wildman–Crippen MR) is 135 cm³/mol. The van der Waals surface area contributed by atoms with Crippen molar-refractivity contribution in [1.29, 1.82) is 0 Å². The van der Waals surface area contributed by atoms with Gasteiger partial charge in [-0.2, -0.15) is 13.2 Å². The molecule has 0 bridgehead atoms. The first-order valence-corrected chi connectivity index (χ1v) is 12.3. The van der Waals surface area contributed by atoms with Crippen LogP contribution in [-0.4, -0.2) is 62.3 Å². The van der Waals surface area contributed by atoms with Gasteiger partial charge in [0.25, 0.3) is 5.91 Å². The molecular weight excluding hydrogens is 535 g/mol. The van der Waals surface area contributed by atoms with Gasteiger partial charge in [-0.05, 0) is 40.2 Å². The van der Waals surface area contributed by atoms with Gasteiger partial charge in [0.15, 0.2) is 11.5 Å². The van der Waals surface area contributed by atoms with Crippen LogP contribution in [0, 0.1) is 12.8 Å². The van der Waals surface area contributed by atoms with Crippen LogP contribution >= 0.6 is 0 Å². The number of likely N-dealkylation sites (tertiary alicyclic amines) is 1. The van der Waals surface area contributed by atoms with E-state index in [9.17, 15) is 22.8 Å². The van der Waals surface area contributed by atoms with Gasteiger partial charge in [0.1, 0.15) is 11.2 Å². The lowest BCUT2D eigenvalue weighted by molar-refractivity contribution is -0.141. The number of anilines is 3. The van der Waals surface area contributed by atoms with Crippen molar-refractivity contribution in [2.24, 2.45) is 5.92 Å². The Balaban J connectivity index is 1.30. The van der Waals surface area contributed by atoms with E-state index in [-0.39, 0.29) is 35.0 Å². The smallest absolute Gasteiger partial charge is 0.434 e. The fourth-order valence-electron chi connectivity index (χ4n) is 3.78. The predicted octanol–water partition coefficient (Wildman–Crippen LogP) is 4.82. The zero-order chi connectivity index (χ0) is 29.1. The normalized spacial score (nSPS) is 15.6. The third-order valence-corrected chi connectivity index (χ3v) is 5.67. The Morgan fingerprint density at radius 1 is 1.12 bits per heavy atom. The summed E-state index contributed by atoms with van der Waals surface area (Å²) in [4.78, 5) is 38.0. The Labute approximate surface area is 227 Å². The molecule has 15 heteroatoms. The summed E-state index contributed by atoms with van der Waals surface area (Å²) in [6.07, 6.45) is -1.36. The molecule has 3 aromatic heterocycles. The molecule has 2 amide bonds. The van der Waals surface area contributed by atoms with Crippen LogP contribution in [-0.2, 0) is 10.9 Å². The number of halogens is 3. The third kappa shape index (κ3) is 7.36. The van der Waals surface area contributed by atoms with E-state index >= 15 is 0 Å². The second-order valence-electron chi connectivity index (χ2n) is 10.1. The summed E-state index contributed by atoms with van der Waals surface area (Å²) in [7, 11) is 0. The van der Waals surface area contributed by atoms with Gasteiger partial charge < -0.3 is 29.5 Å². The summed E-state index contributed by atoms with van der Waals surface area (Å²) in [6, 6.07) is 3.19. The summed E-state index contributed by atoms with van der Waals surface area (Å²) in [5, 5.41) is 9.02. The number of rotatable bonds is 7. The fraction of sp³-hybridized carbons (Fsp3) is 0.440. The Bertz CT molecular complexity index is 1340. The van der Waals surface area contributed by atoms with Crippen molar-refractivity contribution >= 4 is 29.4 Å². The van der Waals surface area contributed by atoms with Gasteiger partial charge in [-0.15, -0.1) is 0 Å². The van der Waals surface area contributed by atoms with E-state index in [1.54, 1.807) is 17.0 Å². The maximum absolute atomic E-state index is 12.9. The van der Waals surface area contributed by atoms with E-state index in [1.807, 2.05) is 20.8 Å². The Hall–Kier alpha value is -4.43. The van der Waals surface area contributed by atoms with Crippen molar-refractivity contribution in [3.8, 4) is 5.88 Å². The van der Waals surface area contributed by atoms with Gasteiger partial charge in [0.2, 0.25) is 11.8 Å². The Morgan fingerprint density at radius 3 is 2.52 bits per heavy atom. The van der Waals surface area contributed by atoms with Gasteiger partial charge in [0, 0.05) is 25.1 Å². The molecule has 1 atom stereocenters. The summed E-state index contributed by atoms with van der Waals surface area (Å²) in [5.74, 6) is -0.305. The molecule has 3 aromatic rings. The molecule has 1 fully saturated rings. The van der Waals surface area contributed by atoms with Gasteiger partial charge in [-0.3, -0.25) is 4.79 Å². The first kappa shape index (κ1) is 28.6. The van der Waals surface area contributed by atoms with Gasteiger partial charge in [-0.25, -0.2) is 19.7 Å². The molecule has 1 aliphatic heterocycles. The minimum Gasteiger partial charge on any atom is -0.477 e. The number of amides is 2. The molecule has 40 heavy (non-hydrogen) atoms. The zero-order valence-electron chi connectivity index (χ0n) is 22.2. The Morgan fingerprint density at radius 2 is 1.90 bits per heavy atom. The molecular formula is C25H28F3N7O5. The monoisotopic (exact) mass is 563 g/mol. The van der Waals surface area contributed by atoms with Crippen LogP contribution in [0.2, 0.25) is 0 Å². The van der Waals surface area contributed by atoms with Crippen molar-refractivity contribution in [3.05, 3.63) is 47.7 Å². The molecule has 0 aromatic carbocycles. The number of carbonyl (C=O) groups excluding carboxylic acids is 2. The lowest BCUT2D eigenvalue weighted by Gasteiger charge is -2.24. The Kier molecular flexibility index (Phi) is 8.11. The molecule has 0 spiro atoms. The molecule has 2 N–H and O–H groups in total. The zero-order valence-corrected chi connectivity index (χ0v) is 22.2. The van der Waals surface area contributed by atoms with Gasteiger partial charge in [0.05, 0.1) is 36.6 Å². The highest BCUT2D eigenvalue weighted by Crippen LogP contribution is 2.28. The molecule has 0 saturated carbocycles. The average Bonchev–Trinajstić information content (AvgIpc) is 3.49. The first-order chi connectivity index (χ1) is 18.8. The summed E-state index contributed by atoms with van der Waals surface area (Å²) in [5.41, 5.74) is -1.09. The molecule has 4 rings (SSSR count). The van der Waals surface area contributed by atoms with E-state index in [1.165, 1.54) is 13.1 Å². The topological polar surface area (TPSA) is 145 Å². The van der Waals surface area contributed by atoms with E-state index in [4.69, 9.17) is 14.0 Å². The number of carbonyl (C=O) groups is 2. The van der Waals surface area contributed by atoms with Crippen LogP contribution in [0.3, 0.4) is 0 Å². The lowest BCUT2D eigenvalue weighted by Crippen LogP contribution is -2.35. The second kappa shape index (κ2) is 11.4. The molecule has 0 unspecified atom stereocenters. The van der Waals surface area contributed by atoms with Crippen molar-refractivity contribution in [2.45, 2.75) is 45.9 Å². The van der Waals surface area contributed by atoms with Crippen LogP contribution in [0.1, 0.15) is 48.9 Å². The largest absolute Gasteiger partial charge is 0.477 e. The number of hydrogen-bond donors (Lipinski definition) is 2. The van der Waals surface area contributed by atoms with E-state index in [0.717, 1.165) is 12.6 Å². The van der Waals surface area contributed by atoms with Crippen molar-refractivity contribution in [1.82, 2.24) is 25.0 Å². The number of ether oxygens (including phenoxy) is 2. The standard InChI is InChI=1S/C25H28F3N7O5/c1-14-20(22(40-34-14)33-18-11-29-17(10-30-18)25(26,27)28)21(36)32-16-5-6-19(31-9-16)38-13-15-7-8-35(12-15)23(37)39-24(2,3)4/h5-6,9-11,15H,7-8,12-13H2,1-4H3,(H,30,33)(H,32,36)/t15-/m0/s1.